The molecule has 2 aromatic rings. The van der Waals surface area contributed by atoms with Gasteiger partial charge in [-0.3, -0.25) is 9.59 Å². The van der Waals surface area contributed by atoms with Gasteiger partial charge >= 0.3 is 0 Å². The zero-order valence-electron chi connectivity index (χ0n) is 16.5. The van der Waals surface area contributed by atoms with Gasteiger partial charge in [-0.25, -0.2) is 8.42 Å². The number of carbonyl (C=O) groups is 2. The smallest absolute Gasteiger partial charge is 0.262 e. The molecular formula is C20H23N3O6S. The first-order chi connectivity index (χ1) is 14.3. The zero-order valence-corrected chi connectivity index (χ0v) is 17.3. The Kier molecular flexibility index (Phi) is 7.03. The topological polar surface area (TPSA) is 114 Å². The number of amides is 2. The van der Waals surface area contributed by atoms with E-state index >= 15 is 0 Å². The van der Waals surface area contributed by atoms with Crippen LogP contribution in [0.4, 0.5) is 11.4 Å². The van der Waals surface area contributed by atoms with E-state index in [1.165, 1.54) is 35.5 Å². The van der Waals surface area contributed by atoms with Gasteiger partial charge < -0.3 is 20.1 Å². The van der Waals surface area contributed by atoms with Crippen molar-refractivity contribution in [3.8, 4) is 5.75 Å². The molecule has 0 unspecified atom stereocenters. The summed E-state index contributed by atoms with van der Waals surface area (Å²) >= 11 is 0. The highest BCUT2D eigenvalue weighted by atomic mass is 32.2. The highest BCUT2D eigenvalue weighted by molar-refractivity contribution is 7.89. The minimum atomic E-state index is -3.58. The van der Waals surface area contributed by atoms with Gasteiger partial charge in [-0.05, 0) is 48.5 Å². The standard InChI is InChI=1S/C20H23N3O6S/c1-15(24)21-16-2-6-18(7-3-16)29-14-20(25)22-17-4-8-19(9-5-17)30(26,27)23-10-12-28-13-11-23/h2-9H,10-14H2,1H3,(H,21,24)(H,22,25). The first kappa shape index (κ1) is 21.8. The molecule has 10 heteroatoms. The molecule has 0 bridgehead atoms. The Labute approximate surface area is 175 Å². The van der Waals surface area contributed by atoms with E-state index in [1.807, 2.05) is 0 Å². The van der Waals surface area contributed by atoms with Crippen molar-refractivity contribution in [2.75, 3.05) is 43.5 Å². The average Bonchev–Trinajstić information content (AvgIpc) is 2.74. The van der Waals surface area contributed by atoms with Gasteiger partial charge in [0.1, 0.15) is 5.75 Å². The number of sulfonamides is 1. The molecule has 0 aromatic heterocycles. The second-order valence-corrected chi connectivity index (χ2v) is 8.52. The van der Waals surface area contributed by atoms with Crippen molar-refractivity contribution in [3.63, 3.8) is 0 Å². The number of carbonyl (C=O) groups excluding carboxylic acids is 2. The molecule has 1 aliphatic heterocycles. The Bertz CT molecular complexity index is 984. The summed E-state index contributed by atoms with van der Waals surface area (Å²) in [5.74, 6) is -0.0808. The lowest BCUT2D eigenvalue weighted by molar-refractivity contribution is -0.118. The van der Waals surface area contributed by atoms with E-state index in [0.717, 1.165) is 0 Å². The molecule has 0 spiro atoms. The highest BCUT2D eigenvalue weighted by Crippen LogP contribution is 2.20. The Morgan fingerprint density at radius 1 is 0.967 bits per heavy atom. The quantitative estimate of drug-likeness (QED) is 0.687. The number of nitrogens with one attached hydrogen (secondary N) is 2. The van der Waals surface area contributed by atoms with Gasteiger partial charge in [0.25, 0.3) is 5.91 Å². The fraction of sp³-hybridized carbons (Fsp3) is 0.300. The highest BCUT2D eigenvalue weighted by Gasteiger charge is 2.26. The van der Waals surface area contributed by atoms with E-state index in [-0.39, 0.29) is 23.3 Å². The Hall–Kier alpha value is -2.95. The predicted octanol–water partition coefficient (Wildman–Crippen LogP) is 1.68. The Morgan fingerprint density at radius 2 is 1.53 bits per heavy atom. The van der Waals surface area contributed by atoms with Crippen LogP contribution in [-0.2, 0) is 24.3 Å². The second kappa shape index (κ2) is 9.70. The van der Waals surface area contributed by atoms with Crippen LogP contribution in [0.25, 0.3) is 0 Å². The molecule has 2 aromatic carbocycles. The molecule has 0 saturated carbocycles. The zero-order chi connectivity index (χ0) is 21.6. The molecule has 2 amide bonds. The minimum absolute atomic E-state index is 0.165. The van der Waals surface area contributed by atoms with E-state index in [0.29, 0.717) is 43.4 Å². The summed E-state index contributed by atoms with van der Waals surface area (Å²) in [7, 11) is -3.58. The predicted molar refractivity (Wildman–Crippen MR) is 111 cm³/mol. The molecule has 1 heterocycles. The molecule has 1 fully saturated rings. The van der Waals surface area contributed by atoms with Crippen molar-refractivity contribution < 1.29 is 27.5 Å². The molecule has 2 N–H and O–H groups in total. The molecule has 1 aliphatic rings. The summed E-state index contributed by atoms with van der Waals surface area (Å²) in [4.78, 5) is 23.3. The molecule has 30 heavy (non-hydrogen) atoms. The number of morpholine rings is 1. The lowest BCUT2D eigenvalue weighted by Gasteiger charge is -2.26. The van der Waals surface area contributed by atoms with Crippen molar-refractivity contribution in [2.45, 2.75) is 11.8 Å². The summed E-state index contributed by atoms with van der Waals surface area (Å²) in [6.45, 7) is 2.60. The molecule has 160 valence electrons. The van der Waals surface area contributed by atoms with Crippen molar-refractivity contribution >= 4 is 33.2 Å². The fourth-order valence-electron chi connectivity index (χ4n) is 2.83. The van der Waals surface area contributed by atoms with Crippen LogP contribution in [-0.4, -0.2) is 57.4 Å². The average molecular weight is 433 g/mol. The van der Waals surface area contributed by atoms with Crippen LogP contribution < -0.4 is 15.4 Å². The van der Waals surface area contributed by atoms with Gasteiger partial charge in [0.2, 0.25) is 15.9 Å². The van der Waals surface area contributed by atoms with Gasteiger partial charge in [-0.15, -0.1) is 0 Å². The number of nitrogens with zero attached hydrogens (tertiary/aromatic N) is 1. The number of hydrogen-bond acceptors (Lipinski definition) is 6. The van der Waals surface area contributed by atoms with Crippen LogP contribution >= 0.6 is 0 Å². The van der Waals surface area contributed by atoms with Gasteiger partial charge in [0.05, 0.1) is 18.1 Å². The summed E-state index contributed by atoms with van der Waals surface area (Å²) in [6.07, 6.45) is 0. The summed E-state index contributed by atoms with van der Waals surface area (Å²) < 4.78 is 37.2. The second-order valence-electron chi connectivity index (χ2n) is 6.58. The maximum Gasteiger partial charge on any atom is 0.262 e. The summed E-state index contributed by atoms with van der Waals surface area (Å²) in [6, 6.07) is 12.6. The number of rotatable bonds is 7. The Morgan fingerprint density at radius 3 is 2.13 bits per heavy atom. The normalized spacial score (nSPS) is 14.7. The van der Waals surface area contributed by atoms with Gasteiger partial charge in [-0.1, -0.05) is 0 Å². The van der Waals surface area contributed by atoms with E-state index in [4.69, 9.17) is 9.47 Å². The van der Waals surface area contributed by atoms with Crippen LogP contribution in [0.5, 0.6) is 5.75 Å². The Balaban J connectivity index is 1.52. The summed E-state index contributed by atoms with van der Waals surface area (Å²) in [5, 5.41) is 5.30. The van der Waals surface area contributed by atoms with Crippen molar-refractivity contribution in [2.24, 2.45) is 0 Å². The third kappa shape index (κ3) is 5.78. The largest absolute Gasteiger partial charge is 0.484 e. The fourth-order valence-corrected chi connectivity index (χ4v) is 4.24. The maximum atomic E-state index is 12.6. The van der Waals surface area contributed by atoms with E-state index in [1.54, 1.807) is 24.3 Å². The molecule has 0 aliphatic carbocycles. The first-order valence-corrected chi connectivity index (χ1v) is 10.8. The van der Waals surface area contributed by atoms with E-state index in [2.05, 4.69) is 10.6 Å². The lowest BCUT2D eigenvalue weighted by Crippen LogP contribution is -2.40. The molecule has 9 nitrogen and oxygen atoms in total. The van der Waals surface area contributed by atoms with Crippen LogP contribution in [0.3, 0.4) is 0 Å². The SMILES string of the molecule is CC(=O)Nc1ccc(OCC(=O)Nc2ccc(S(=O)(=O)N3CCOCC3)cc2)cc1. The van der Waals surface area contributed by atoms with Crippen LogP contribution in [0.1, 0.15) is 6.92 Å². The first-order valence-electron chi connectivity index (χ1n) is 9.33. The number of benzene rings is 2. The van der Waals surface area contributed by atoms with E-state index < -0.39 is 10.0 Å². The van der Waals surface area contributed by atoms with Gasteiger partial charge in [0.15, 0.2) is 6.61 Å². The van der Waals surface area contributed by atoms with Crippen molar-refractivity contribution in [1.82, 2.24) is 4.31 Å². The molecule has 0 atom stereocenters. The molecular weight excluding hydrogens is 410 g/mol. The molecule has 3 rings (SSSR count). The maximum absolute atomic E-state index is 12.6. The van der Waals surface area contributed by atoms with Crippen molar-refractivity contribution in [1.29, 1.82) is 0 Å². The van der Waals surface area contributed by atoms with Crippen LogP contribution in [0, 0.1) is 0 Å². The third-order valence-corrected chi connectivity index (χ3v) is 6.20. The number of anilines is 2. The van der Waals surface area contributed by atoms with Gasteiger partial charge in [0, 0.05) is 31.4 Å². The minimum Gasteiger partial charge on any atom is -0.484 e. The van der Waals surface area contributed by atoms with Crippen LogP contribution in [0.2, 0.25) is 0 Å². The lowest BCUT2D eigenvalue weighted by atomic mass is 10.3. The van der Waals surface area contributed by atoms with E-state index in [9.17, 15) is 18.0 Å². The third-order valence-electron chi connectivity index (χ3n) is 4.29. The number of hydrogen-bond donors (Lipinski definition) is 2. The molecule has 0 radical (unpaired) electrons. The van der Waals surface area contributed by atoms with Gasteiger partial charge in [-0.2, -0.15) is 4.31 Å². The van der Waals surface area contributed by atoms with Crippen molar-refractivity contribution in [3.05, 3.63) is 48.5 Å². The number of ether oxygens (including phenoxy) is 2. The van der Waals surface area contributed by atoms with Crippen LogP contribution in [0.15, 0.2) is 53.4 Å². The summed E-state index contributed by atoms with van der Waals surface area (Å²) in [5.41, 5.74) is 1.09. The molecule has 1 saturated heterocycles. The monoisotopic (exact) mass is 433 g/mol.